The van der Waals surface area contributed by atoms with Crippen molar-refractivity contribution in [3.05, 3.63) is 66.2 Å². The van der Waals surface area contributed by atoms with Crippen LogP contribution in [0.3, 0.4) is 0 Å². The van der Waals surface area contributed by atoms with Gasteiger partial charge in [0.1, 0.15) is 6.04 Å². The average Bonchev–Trinajstić information content (AvgIpc) is 3.26. The topological polar surface area (TPSA) is 63.2 Å². The van der Waals surface area contributed by atoms with Gasteiger partial charge in [0.05, 0.1) is 20.4 Å². The molecule has 3 aromatic carbocycles. The summed E-state index contributed by atoms with van der Waals surface area (Å²) in [6, 6.07) is 19.4. The van der Waals surface area contributed by atoms with Gasteiger partial charge in [0.15, 0.2) is 11.5 Å². The predicted molar refractivity (Wildman–Crippen MR) is 119 cm³/mol. The van der Waals surface area contributed by atoms with Gasteiger partial charge in [-0.15, -0.1) is 0 Å². The molecule has 0 aliphatic carbocycles. The van der Waals surface area contributed by atoms with Gasteiger partial charge in [-0.25, -0.2) is 0 Å². The predicted octanol–water partition coefficient (Wildman–Crippen LogP) is 4.29. The fourth-order valence-electron chi connectivity index (χ4n) is 3.72. The van der Waals surface area contributed by atoms with Gasteiger partial charge in [0.2, 0.25) is 5.91 Å². The Bertz CT molecular complexity index is 1080. The highest BCUT2D eigenvalue weighted by Crippen LogP contribution is 2.27. The highest BCUT2D eigenvalue weighted by atomic mass is 16.5. The van der Waals surface area contributed by atoms with Crippen LogP contribution in [-0.4, -0.2) is 43.9 Å². The standard InChI is InChI=1S/C24H25N3O3/c1-29-22-12-9-17(14-23(22)30-2)16-25-27-13-5-8-21(27)24(28)26-20-11-10-18-6-3-4-7-19(18)15-20/h3-4,6-7,9-12,14-16,21H,5,8,13H2,1-2H3,(H,26,28)/b25-16+. The second kappa shape index (κ2) is 8.86. The molecule has 1 aliphatic rings. The Morgan fingerprint density at radius 1 is 1.03 bits per heavy atom. The van der Waals surface area contributed by atoms with Gasteiger partial charge in [-0.2, -0.15) is 5.10 Å². The van der Waals surface area contributed by atoms with Crippen LogP contribution in [0.25, 0.3) is 10.8 Å². The summed E-state index contributed by atoms with van der Waals surface area (Å²) in [4.78, 5) is 12.9. The third kappa shape index (κ3) is 4.22. The van der Waals surface area contributed by atoms with Crippen LogP contribution in [0.4, 0.5) is 5.69 Å². The molecule has 3 aromatic rings. The molecule has 4 rings (SSSR count). The largest absolute Gasteiger partial charge is 0.493 e. The number of rotatable bonds is 6. The highest BCUT2D eigenvalue weighted by Gasteiger charge is 2.29. The smallest absolute Gasteiger partial charge is 0.248 e. The van der Waals surface area contributed by atoms with E-state index in [0.29, 0.717) is 11.5 Å². The fourth-order valence-corrected chi connectivity index (χ4v) is 3.72. The molecule has 1 aliphatic heterocycles. The van der Waals surface area contributed by atoms with Crippen LogP contribution in [0.2, 0.25) is 0 Å². The van der Waals surface area contributed by atoms with E-state index in [1.54, 1.807) is 20.4 Å². The molecule has 1 fully saturated rings. The summed E-state index contributed by atoms with van der Waals surface area (Å²) in [7, 11) is 3.21. The van der Waals surface area contributed by atoms with Crippen LogP contribution < -0.4 is 14.8 Å². The number of benzene rings is 3. The number of hydrazone groups is 1. The van der Waals surface area contributed by atoms with Crippen LogP contribution in [0, 0.1) is 0 Å². The lowest BCUT2D eigenvalue weighted by Gasteiger charge is -2.21. The molecular formula is C24H25N3O3. The molecule has 1 unspecified atom stereocenters. The number of nitrogens with one attached hydrogen (secondary N) is 1. The van der Waals surface area contributed by atoms with Gasteiger partial charge in [-0.1, -0.05) is 30.3 Å². The van der Waals surface area contributed by atoms with Gasteiger partial charge < -0.3 is 14.8 Å². The maximum atomic E-state index is 12.9. The monoisotopic (exact) mass is 403 g/mol. The van der Waals surface area contributed by atoms with Crippen molar-refractivity contribution in [2.24, 2.45) is 5.10 Å². The molecule has 1 saturated heterocycles. The first-order valence-electron chi connectivity index (χ1n) is 10.0. The van der Waals surface area contributed by atoms with Gasteiger partial charge in [0, 0.05) is 12.2 Å². The zero-order valence-electron chi connectivity index (χ0n) is 17.2. The van der Waals surface area contributed by atoms with E-state index in [1.807, 2.05) is 59.6 Å². The molecule has 0 saturated carbocycles. The summed E-state index contributed by atoms with van der Waals surface area (Å²) in [5.74, 6) is 1.28. The highest BCUT2D eigenvalue weighted by molar-refractivity contribution is 5.97. The number of fused-ring (bicyclic) bond motifs is 1. The molecule has 6 heteroatoms. The SMILES string of the molecule is COc1ccc(/C=N/N2CCCC2C(=O)Nc2ccc3ccccc3c2)cc1OC. The molecule has 0 radical (unpaired) electrons. The molecule has 1 heterocycles. The van der Waals surface area contributed by atoms with Crippen LogP contribution in [-0.2, 0) is 4.79 Å². The number of nitrogens with zero attached hydrogens (tertiary/aromatic N) is 2. The van der Waals surface area contributed by atoms with Crippen molar-refractivity contribution in [1.29, 1.82) is 0 Å². The van der Waals surface area contributed by atoms with E-state index >= 15 is 0 Å². The number of carbonyl (C=O) groups excluding carboxylic acids is 1. The third-order valence-electron chi connectivity index (χ3n) is 5.31. The Hall–Kier alpha value is -3.54. The van der Waals surface area contributed by atoms with Crippen LogP contribution >= 0.6 is 0 Å². The van der Waals surface area contributed by atoms with E-state index in [1.165, 1.54) is 0 Å². The third-order valence-corrected chi connectivity index (χ3v) is 5.31. The van der Waals surface area contributed by atoms with Crippen LogP contribution in [0.1, 0.15) is 18.4 Å². The summed E-state index contributed by atoms with van der Waals surface area (Å²) in [6.07, 6.45) is 3.46. The number of ether oxygens (including phenoxy) is 2. The first kappa shape index (κ1) is 19.8. The molecular weight excluding hydrogens is 378 g/mol. The van der Waals surface area contributed by atoms with Gasteiger partial charge >= 0.3 is 0 Å². The van der Waals surface area contributed by atoms with Crippen molar-refractivity contribution >= 4 is 28.6 Å². The van der Waals surface area contributed by atoms with Gasteiger partial charge in [-0.05, 0) is 59.5 Å². The van der Waals surface area contributed by atoms with E-state index in [-0.39, 0.29) is 11.9 Å². The molecule has 1 atom stereocenters. The number of amides is 1. The Labute approximate surface area is 176 Å². The Balaban J connectivity index is 1.46. The van der Waals surface area contributed by atoms with Crippen molar-refractivity contribution in [1.82, 2.24) is 5.01 Å². The Kier molecular flexibility index (Phi) is 5.84. The van der Waals surface area contributed by atoms with E-state index in [9.17, 15) is 4.79 Å². The number of methoxy groups -OCH3 is 2. The maximum Gasteiger partial charge on any atom is 0.248 e. The minimum absolute atomic E-state index is 0.0350. The minimum Gasteiger partial charge on any atom is -0.493 e. The van der Waals surface area contributed by atoms with Crippen molar-refractivity contribution in [2.45, 2.75) is 18.9 Å². The first-order valence-corrected chi connectivity index (χ1v) is 10.0. The quantitative estimate of drug-likeness (QED) is 0.624. The molecule has 1 amide bonds. The lowest BCUT2D eigenvalue weighted by Crippen LogP contribution is -2.36. The summed E-state index contributed by atoms with van der Waals surface area (Å²) in [5, 5.41) is 11.7. The Morgan fingerprint density at radius 2 is 1.83 bits per heavy atom. The van der Waals surface area contributed by atoms with Gasteiger partial charge in [-0.3, -0.25) is 9.80 Å². The van der Waals surface area contributed by atoms with Gasteiger partial charge in [0.25, 0.3) is 0 Å². The van der Waals surface area contributed by atoms with Crippen molar-refractivity contribution < 1.29 is 14.3 Å². The molecule has 154 valence electrons. The van der Waals surface area contributed by atoms with E-state index < -0.39 is 0 Å². The summed E-state index contributed by atoms with van der Waals surface area (Å²) >= 11 is 0. The fraction of sp³-hybridized carbons (Fsp3) is 0.250. The van der Waals surface area contributed by atoms with E-state index in [4.69, 9.17) is 9.47 Å². The zero-order chi connectivity index (χ0) is 20.9. The number of hydrogen-bond donors (Lipinski definition) is 1. The maximum absolute atomic E-state index is 12.9. The number of carbonyl (C=O) groups is 1. The van der Waals surface area contributed by atoms with Crippen molar-refractivity contribution in [3.8, 4) is 11.5 Å². The van der Waals surface area contributed by atoms with Crippen molar-refractivity contribution in [2.75, 3.05) is 26.1 Å². The molecule has 30 heavy (non-hydrogen) atoms. The second-order valence-corrected chi connectivity index (χ2v) is 7.23. The van der Waals surface area contributed by atoms with Crippen LogP contribution in [0.5, 0.6) is 11.5 Å². The lowest BCUT2D eigenvalue weighted by molar-refractivity contribution is -0.120. The number of hydrogen-bond acceptors (Lipinski definition) is 5. The van der Waals surface area contributed by atoms with Crippen molar-refractivity contribution in [3.63, 3.8) is 0 Å². The number of anilines is 1. The van der Waals surface area contributed by atoms with E-state index in [0.717, 1.165) is 41.4 Å². The molecule has 1 N–H and O–H groups in total. The Morgan fingerprint density at radius 3 is 2.63 bits per heavy atom. The lowest BCUT2D eigenvalue weighted by atomic mass is 10.1. The summed E-state index contributed by atoms with van der Waals surface area (Å²) in [6.45, 7) is 0.750. The summed E-state index contributed by atoms with van der Waals surface area (Å²) in [5.41, 5.74) is 1.68. The normalized spacial score (nSPS) is 16.2. The minimum atomic E-state index is -0.284. The zero-order valence-corrected chi connectivity index (χ0v) is 17.2. The molecule has 0 spiro atoms. The molecule has 0 bridgehead atoms. The molecule has 0 aromatic heterocycles. The summed E-state index contributed by atoms with van der Waals surface area (Å²) < 4.78 is 10.6. The average molecular weight is 403 g/mol. The van der Waals surface area contributed by atoms with Crippen LogP contribution in [0.15, 0.2) is 65.8 Å². The molecule has 6 nitrogen and oxygen atoms in total. The van der Waals surface area contributed by atoms with E-state index in [2.05, 4.69) is 16.5 Å². The first-order chi connectivity index (χ1) is 14.7. The second-order valence-electron chi connectivity index (χ2n) is 7.23.